The number of hydrogen-bond acceptors (Lipinski definition) is 5. The van der Waals surface area contributed by atoms with Crippen LogP contribution in [0.4, 0.5) is 11.5 Å². The number of nitro groups is 1. The van der Waals surface area contributed by atoms with Crippen LogP contribution in [0.25, 0.3) is 0 Å². The fourth-order valence-corrected chi connectivity index (χ4v) is 1.69. The van der Waals surface area contributed by atoms with Crippen LogP contribution in [-0.2, 0) is 11.8 Å². The molecule has 0 bridgehead atoms. The quantitative estimate of drug-likeness (QED) is 0.563. The minimum absolute atomic E-state index is 0.0957. The van der Waals surface area contributed by atoms with Gasteiger partial charge >= 0.3 is 11.7 Å². The molecule has 1 rings (SSSR count). The SMILES string of the molecule is CCCC(CC(=O)O)Nc1nn(C)cc1[N+](=O)[O-]. The van der Waals surface area contributed by atoms with Crippen molar-refractivity contribution < 1.29 is 14.8 Å². The van der Waals surface area contributed by atoms with Crippen LogP contribution in [0.2, 0.25) is 0 Å². The lowest BCUT2D eigenvalue weighted by molar-refractivity contribution is -0.384. The van der Waals surface area contributed by atoms with Gasteiger partial charge in [0, 0.05) is 13.1 Å². The molecule has 1 atom stereocenters. The third kappa shape index (κ3) is 3.72. The summed E-state index contributed by atoms with van der Waals surface area (Å²) in [5, 5.41) is 26.3. The van der Waals surface area contributed by atoms with E-state index in [1.165, 1.54) is 10.9 Å². The van der Waals surface area contributed by atoms with E-state index in [4.69, 9.17) is 5.11 Å². The average molecular weight is 256 g/mol. The van der Waals surface area contributed by atoms with Gasteiger partial charge in [0.2, 0.25) is 5.82 Å². The molecular weight excluding hydrogens is 240 g/mol. The van der Waals surface area contributed by atoms with Gasteiger partial charge in [-0.3, -0.25) is 19.6 Å². The number of nitrogens with zero attached hydrogens (tertiary/aromatic N) is 3. The first-order valence-corrected chi connectivity index (χ1v) is 5.60. The number of hydrogen-bond donors (Lipinski definition) is 2. The highest BCUT2D eigenvalue weighted by Gasteiger charge is 2.22. The van der Waals surface area contributed by atoms with Gasteiger partial charge in [-0.1, -0.05) is 13.3 Å². The van der Waals surface area contributed by atoms with Crippen molar-refractivity contribution in [2.24, 2.45) is 7.05 Å². The molecule has 0 spiro atoms. The molecule has 18 heavy (non-hydrogen) atoms. The van der Waals surface area contributed by atoms with E-state index in [0.29, 0.717) is 6.42 Å². The molecule has 8 heteroatoms. The Kier molecular flexibility index (Phi) is 4.64. The first-order valence-electron chi connectivity index (χ1n) is 5.60. The minimum Gasteiger partial charge on any atom is -0.481 e. The Morgan fingerprint density at radius 3 is 2.89 bits per heavy atom. The van der Waals surface area contributed by atoms with E-state index >= 15 is 0 Å². The van der Waals surface area contributed by atoms with E-state index in [0.717, 1.165) is 6.42 Å². The molecule has 2 N–H and O–H groups in total. The van der Waals surface area contributed by atoms with Crippen molar-refractivity contribution in [2.45, 2.75) is 32.2 Å². The first-order chi connectivity index (χ1) is 8.43. The second-order valence-corrected chi connectivity index (χ2v) is 4.02. The third-order valence-corrected chi connectivity index (χ3v) is 2.41. The molecular formula is C10H16N4O4. The molecule has 1 heterocycles. The highest BCUT2D eigenvalue weighted by atomic mass is 16.6. The normalized spacial score (nSPS) is 12.1. The maximum atomic E-state index is 10.8. The monoisotopic (exact) mass is 256 g/mol. The van der Waals surface area contributed by atoms with Crippen LogP contribution < -0.4 is 5.32 Å². The van der Waals surface area contributed by atoms with E-state index in [9.17, 15) is 14.9 Å². The fourth-order valence-electron chi connectivity index (χ4n) is 1.69. The maximum Gasteiger partial charge on any atom is 0.330 e. The summed E-state index contributed by atoms with van der Waals surface area (Å²) in [6, 6.07) is -0.360. The van der Waals surface area contributed by atoms with Crippen LogP contribution in [0.3, 0.4) is 0 Å². The fraction of sp³-hybridized carbons (Fsp3) is 0.600. The number of carbonyl (C=O) groups is 1. The van der Waals surface area contributed by atoms with Gasteiger partial charge in [-0.05, 0) is 6.42 Å². The molecule has 0 amide bonds. The number of carboxylic acids is 1. The largest absolute Gasteiger partial charge is 0.481 e. The Hall–Kier alpha value is -2.12. The predicted molar refractivity (Wildman–Crippen MR) is 64.4 cm³/mol. The highest BCUT2D eigenvalue weighted by Crippen LogP contribution is 2.23. The van der Waals surface area contributed by atoms with Gasteiger partial charge in [0.1, 0.15) is 6.20 Å². The second-order valence-electron chi connectivity index (χ2n) is 4.02. The van der Waals surface area contributed by atoms with Gasteiger partial charge < -0.3 is 10.4 Å². The minimum atomic E-state index is -0.945. The molecule has 8 nitrogen and oxygen atoms in total. The average Bonchev–Trinajstić information content (AvgIpc) is 2.59. The van der Waals surface area contributed by atoms with Crippen LogP contribution in [0.15, 0.2) is 6.20 Å². The van der Waals surface area contributed by atoms with Crippen molar-refractivity contribution in [1.82, 2.24) is 9.78 Å². The van der Waals surface area contributed by atoms with E-state index in [1.54, 1.807) is 7.05 Å². The summed E-state index contributed by atoms with van der Waals surface area (Å²) in [7, 11) is 1.57. The smallest absolute Gasteiger partial charge is 0.330 e. The van der Waals surface area contributed by atoms with Gasteiger partial charge in [-0.25, -0.2) is 0 Å². The summed E-state index contributed by atoms with van der Waals surface area (Å²) in [5.41, 5.74) is -0.149. The molecule has 0 aliphatic carbocycles. The molecule has 0 saturated carbocycles. The van der Waals surface area contributed by atoms with Gasteiger partial charge in [0.05, 0.1) is 11.3 Å². The van der Waals surface area contributed by atoms with Crippen molar-refractivity contribution in [2.75, 3.05) is 5.32 Å². The molecule has 0 radical (unpaired) electrons. The van der Waals surface area contributed by atoms with Gasteiger partial charge in [-0.15, -0.1) is 5.10 Å². The second kappa shape index (κ2) is 5.99. The van der Waals surface area contributed by atoms with Crippen LogP contribution in [0, 0.1) is 10.1 Å². The van der Waals surface area contributed by atoms with E-state index in [-0.39, 0.29) is 24.0 Å². The zero-order valence-electron chi connectivity index (χ0n) is 10.3. The molecule has 0 fully saturated rings. The molecule has 1 aromatic heterocycles. The lowest BCUT2D eigenvalue weighted by atomic mass is 10.1. The molecule has 1 aromatic rings. The van der Waals surface area contributed by atoms with Crippen LogP contribution in [-0.4, -0.2) is 31.8 Å². The number of aliphatic carboxylic acids is 1. The summed E-state index contributed by atoms with van der Waals surface area (Å²) in [6.07, 6.45) is 2.58. The Balaban J connectivity index is 2.85. The van der Waals surface area contributed by atoms with E-state index < -0.39 is 10.9 Å². The van der Waals surface area contributed by atoms with Gasteiger partial charge in [0.25, 0.3) is 0 Å². The van der Waals surface area contributed by atoms with Crippen molar-refractivity contribution in [3.05, 3.63) is 16.3 Å². The Morgan fingerprint density at radius 1 is 1.72 bits per heavy atom. The van der Waals surface area contributed by atoms with E-state index in [2.05, 4.69) is 10.4 Å². The zero-order valence-corrected chi connectivity index (χ0v) is 10.3. The van der Waals surface area contributed by atoms with Gasteiger partial charge in [-0.2, -0.15) is 0 Å². The van der Waals surface area contributed by atoms with Crippen molar-refractivity contribution in [3.8, 4) is 0 Å². The molecule has 1 unspecified atom stereocenters. The molecule has 0 aliphatic rings. The summed E-state index contributed by atoms with van der Waals surface area (Å²) in [6.45, 7) is 1.92. The zero-order chi connectivity index (χ0) is 13.7. The van der Waals surface area contributed by atoms with Crippen LogP contribution in [0.5, 0.6) is 0 Å². The molecule has 0 aromatic carbocycles. The number of carboxylic acid groups (broad SMARTS) is 1. The van der Waals surface area contributed by atoms with E-state index in [1.807, 2.05) is 6.92 Å². The lowest BCUT2D eigenvalue weighted by Gasteiger charge is -2.14. The van der Waals surface area contributed by atoms with Crippen LogP contribution >= 0.6 is 0 Å². The predicted octanol–water partition coefficient (Wildman–Crippen LogP) is 1.38. The Labute approximate surface area is 104 Å². The van der Waals surface area contributed by atoms with Crippen molar-refractivity contribution in [3.63, 3.8) is 0 Å². The topological polar surface area (TPSA) is 110 Å². The third-order valence-electron chi connectivity index (χ3n) is 2.41. The first kappa shape index (κ1) is 13.9. The lowest BCUT2D eigenvalue weighted by Crippen LogP contribution is -2.23. The standard InChI is InChI=1S/C10H16N4O4/c1-3-4-7(5-9(15)16)11-10-8(14(17)18)6-13(2)12-10/h6-7H,3-5H2,1-2H3,(H,11,12)(H,15,16). The maximum absolute atomic E-state index is 10.8. The summed E-state index contributed by atoms with van der Waals surface area (Å²) in [4.78, 5) is 20.9. The summed E-state index contributed by atoms with van der Waals surface area (Å²) < 4.78 is 1.32. The summed E-state index contributed by atoms with van der Waals surface area (Å²) >= 11 is 0. The Morgan fingerprint density at radius 2 is 2.39 bits per heavy atom. The molecule has 0 aliphatic heterocycles. The number of aryl methyl sites for hydroxylation is 1. The number of aromatic nitrogens is 2. The Bertz CT molecular complexity index is 443. The number of nitrogens with one attached hydrogen (secondary N) is 1. The molecule has 100 valence electrons. The number of rotatable bonds is 7. The van der Waals surface area contributed by atoms with Gasteiger partial charge in [0.15, 0.2) is 0 Å². The number of anilines is 1. The highest BCUT2D eigenvalue weighted by molar-refractivity contribution is 5.68. The molecule has 0 saturated heterocycles. The van der Waals surface area contributed by atoms with Crippen molar-refractivity contribution >= 4 is 17.5 Å². The van der Waals surface area contributed by atoms with Crippen LogP contribution in [0.1, 0.15) is 26.2 Å². The van der Waals surface area contributed by atoms with Crippen molar-refractivity contribution in [1.29, 1.82) is 0 Å². The summed E-state index contributed by atoms with van der Waals surface area (Å²) in [5.74, 6) is -0.832.